The van der Waals surface area contributed by atoms with Gasteiger partial charge in [0.25, 0.3) is 0 Å². The lowest BCUT2D eigenvalue weighted by Gasteiger charge is -2.38. The van der Waals surface area contributed by atoms with Crippen molar-refractivity contribution in [3.63, 3.8) is 0 Å². The summed E-state index contributed by atoms with van der Waals surface area (Å²) in [6.07, 6.45) is 6.01. The third-order valence-corrected chi connectivity index (χ3v) is 7.22. The fraction of sp³-hybridized carbons (Fsp3) is 0.600. The van der Waals surface area contributed by atoms with E-state index >= 15 is 0 Å². The average Bonchev–Trinajstić information content (AvgIpc) is 2.52. The van der Waals surface area contributed by atoms with Crippen LogP contribution in [0.25, 0.3) is 0 Å². The molecule has 1 fully saturated rings. The molecule has 1 saturated carbocycles. The molecule has 2 heteroatoms. The molecule has 119 valence electrons. The molecule has 1 aromatic carbocycles. The minimum atomic E-state index is -0.841. The lowest BCUT2D eigenvalue weighted by Crippen LogP contribution is -2.42. The zero-order valence-electron chi connectivity index (χ0n) is 14.5. The maximum absolute atomic E-state index is 6.75. The number of benzene rings is 1. The van der Waals surface area contributed by atoms with Gasteiger partial charge in [-0.3, -0.25) is 0 Å². The summed E-state index contributed by atoms with van der Waals surface area (Å²) in [5.41, 5.74) is 2.15. The van der Waals surface area contributed by atoms with E-state index in [4.69, 9.17) is 4.43 Å². The van der Waals surface area contributed by atoms with Gasteiger partial charge in [0.15, 0.2) is 0 Å². The van der Waals surface area contributed by atoms with Crippen LogP contribution in [0.15, 0.2) is 30.3 Å². The van der Waals surface area contributed by atoms with Crippen molar-refractivity contribution in [3.8, 4) is 11.8 Å². The molecule has 0 bridgehead atoms. The highest BCUT2D eigenvalue weighted by molar-refractivity contribution is 6.55. The van der Waals surface area contributed by atoms with Gasteiger partial charge in [0, 0.05) is 5.56 Å². The summed E-state index contributed by atoms with van der Waals surface area (Å²) in [5.74, 6) is 6.92. The van der Waals surface area contributed by atoms with E-state index in [1.807, 2.05) is 6.07 Å². The first-order valence-corrected chi connectivity index (χ1v) is 10.2. The molecule has 0 aromatic heterocycles. The Morgan fingerprint density at radius 2 is 1.55 bits per heavy atom. The first-order valence-electron chi connectivity index (χ1n) is 8.66. The Bertz CT molecular complexity index is 496. The fourth-order valence-electron chi connectivity index (χ4n) is 3.21. The number of rotatable bonds is 4. The van der Waals surface area contributed by atoms with Crippen LogP contribution in [0.3, 0.4) is 0 Å². The van der Waals surface area contributed by atoms with Gasteiger partial charge in [-0.15, -0.1) is 0 Å². The van der Waals surface area contributed by atoms with Gasteiger partial charge < -0.3 is 4.43 Å². The van der Waals surface area contributed by atoms with Crippen LogP contribution >= 0.6 is 0 Å². The van der Waals surface area contributed by atoms with Gasteiger partial charge >= 0.3 is 0 Å². The van der Waals surface area contributed by atoms with Gasteiger partial charge in [0.2, 0.25) is 9.04 Å². The molecule has 0 amide bonds. The predicted molar refractivity (Wildman–Crippen MR) is 96.2 cm³/mol. The molecule has 1 radical (unpaired) electrons. The molecule has 1 aliphatic carbocycles. The standard InChI is InChI=1S/C20H29OSi/c1-17(2)22(18(3)4)21-20(14-9-6-10-15-20)16-13-19-11-7-5-8-12-19/h5,7-8,11-12,17-18H,6,9-10,14-15H2,1-4H3. The molecule has 1 aromatic rings. The Morgan fingerprint density at radius 1 is 0.955 bits per heavy atom. The summed E-state index contributed by atoms with van der Waals surface area (Å²) in [5, 5.41) is 0. The van der Waals surface area contributed by atoms with Crippen molar-refractivity contribution < 1.29 is 4.43 Å². The monoisotopic (exact) mass is 313 g/mol. The molecular weight excluding hydrogens is 284 g/mol. The number of hydrogen-bond acceptors (Lipinski definition) is 1. The Balaban J connectivity index is 2.22. The average molecular weight is 314 g/mol. The molecule has 1 aliphatic rings. The van der Waals surface area contributed by atoms with Crippen molar-refractivity contribution in [1.29, 1.82) is 0 Å². The predicted octanol–water partition coefficient (Wildman–Crippen LogP) is 5.57. The van der Waals surface area contributed by atoms with E-state index in [9.17, 15) is 0 Å². The fourth-order valence-corrected chi connectivity index (χ4v) is 5.72. The van der Waals surface area contributed by atoms with E-state index in [0.717, 1.165) is 18.4 Å². The highest BCUT2D eigenvalue weighted by Crippen LogP contribution is 2.35. The van der Waals surface area contributed by atoms with Crippen molar-refractivity contribution in [2.24, 2.45) is 0 Å². The smallest absolute Gasteiger partial charge is 0.218 e. The molecule has 0 aliphatic heterocycles. The lowest BCUT2D eigenvalue weighted by molar-refractivity contribution is 0.0801. The summed E-state index contributed by atoms with van der Waals surface area (Å²) < 4.78 is 6.75. The molecule has 2 rings (SSSR count). The van der Waals surface area contributed by atoms with E-state index in [-0.39, 0.29) is 5.60 Å². The number of hydrogen-bond donors (Lipinski definition) is 0. The highest BCUT2D eigenvalue weighted by atomic mass is 28.3. The normalized spacial score (nSPS) is 17.6. The molecule has 0 heterocycles. The zero-order valence-corrected chi connectivity index (χ0v) is 15.5. The minimum Gasteiger partial charge on any atom is -0.400 e. The molecule has 0 N–H and O–H groups in total. The summed E-state index contributed by atoms with van der Waals surface area (Å²) >= 11 is 0. The Morgan fingerprint density at radius 3 is 2.09 bits per heavy atom. The van der Waals surface area contributed by atoms with Crippen molar-refractivity contribution in [3.05, 3.63) is 35.9 Å². The van der Waals surface area contributed by atoms with Crippen molar-refractivity contribution in [2.45, 2.75) is 76.5 Å². The quantitative estimate of drug-likeness (QED) is 0.521. The van der Waals surface area contributed by atoms with Gasteiger partial charge in [0.1, 0.15) is 5.60 Å². The third-order valence-electron chi connectivity index (χ3n) is 4.32. The van der Waals surface area contributed by atoms with E-state index in [2.05, 4.69) is 63.8 Å². The van der Waals surface area contributed by atoms with Gasteiger partial charge in [0.05, 0.1) is 0 Å². The van der Waals surface area contributed by atoms with Crippen LogP contribution in [-0.2, 0) is 4.43 Å². The van der Waals surface area contributed by atoms with E-state index in [1.165, 1.54) is 19.3 Å². The second-order valence-corrected chi connectivity index (χ2v) is 10.3. The van der Waals surface area contributed by atoms with Crippen LogP contribution in [0, 0.1) is 11.8 Å². The maximum Gasteiger partial charge on any atom is 0.218 e. The summed E-state index contributed by atoms with van der Waals surface area (Å²) in [4.78, 5) is 0. The van der Waals surface area contributed by atoms with E-state index in [1.54, 1.807) is 0 Å². The van der Waals surface area contributed by atoms with Crippen LogP contribution in [0.1, 0.15) is 65.4 Å². The zero-order chi connectivity index (χ0) is 16.0. The van der Waals surface area contributed by atoms with Crippen LogP contribution < -0.4 is 0 Å². The minimum absolute atomic E-state index is 0.197. The molecule has 0 unspecified atom stereocenters. The lowest BCUT2D eigenvalue weighted by atomic mass is 9.85. The second-order valence-electron chi connectivity index (χ2n) is 6.98. The first-order chi connectivity index (χ1) is 10.5. The van der Waals surface area contributed by atoms with Gasteiger partial charge in [-0.05, 0) is 48.9 Å². The Hall–Kier alpha value is -1.04. The molecule has 0 saturated heterocycles. The van der Waals surface area contributed by atoms with Gasteiger partial charge in [-0.2, -0.15) is 0 Å². The van der Waals surface area contributed by atoms with E-state index in [0.29, 0.717) is 11.1 Å². The van der Waals surface area contributed by atoms with Gasteiger partial charge in [-0.1, -0.05) is 64.2 Å². The molecular formula is C20H29OSi. The van der Waals surface area contributed by atoms with Crippen molar-refractivity contribution >= 4 is 9.04 Å². The van der Waals surface area contributed by atoms with Crippen LogP contribution in [0.5, 0.6) is 0 Å². The second kappa shape index (κ2) is 7.99. The topological polar surface area (TPSA) is 9.23 Å². The summed E-state index contributed by atoms with van der Waals surface area (Å²) in [7, 11) is -0.841. The summed E-state index contributed by atoms with van der Waals surface area (Å²) in [6.45, 7) is 9.20. The van der Waals surface area contributed by atoms with Crippen molar-refractivity contribution in [2.75, 3.05) is 0 Å². The third kappa shape index (κ3) is 4.73. The molecule has 0 spiro atoms. The molecule has 22 heavy (non-hydrogen) atoms. The highest BCUT2D eigenvalue weighted by Gasteiger charge is 2.36. The first kappa shape index (κ1) is 17.3. The largest absolute Gasteiger partial charge is 0.400 e. The molecule has 0 atom stereocenters. The van der Waals surface area contributed by atoms with E-state index < -0.39 is 9.04 Å². The van der Waals surface area contributed by atoms with Crippen LogP contribution in [-0.4, -0.2) is 14.6 Å². The Kier molecular flexibility index (Phi) is 6.29. The Labute approximate surface area is 138 Å². The maximum atomic E-state index is 6.75. The molecule has 1 nitrogen and oxygen atoms in total. The SMILES string of the molecule is CC(C)[Si](OC1(C#Cc2ccccc2)CCCCC1)C(C)C. The van der Waals surface area contributed by atoms with Crippen LogP contribution in [0.2, 0.25) is 11.1 Å². The van der Waals surface area contributed by atoms with Gasteiger partial charge in [-0.25, -0.2) is 0 Å². The van der Waals surface area contributed by atoms with Crippen molar-refractivity contribution in [1.82, 2.24) is 0 Å². The summed E-state index contributed by atoms with van der Waals surface area (Å²) in [6, 6.07) is 10.3. The van der Waals surface area contributed by atoms with Crippen LogP contribution in [0.4, 0.5) is 0 Å².